The highest BCUT2D eigenvalue weighted by Gasteiger charge is 2.25. The minimum absolute atomic E-state index is 0.793. The Kier molecular flexibility index (Phi) is 5.54. The summed E-state index contributed by atoms with van der Waals surface area (Å²) in [6.07, 6.45) is 7.25. The maximum absolute atomic E-state index is 3.62. The van der Waals surface area contributed by atoms with E-state index in [2.05, 4.69) is 26.1 Å². The van der Waals surface area contributed by atoms with Gasteiger partial charge in [0.25, 0.3) is 0 Å². The third kappa shape index (κ3) is 4.00. The van der Waals surface area contributed by atoms with Crippen LogP contribution in [-0.2, 0) is 0 Å². The van der Waals surface area contributed by atoms with Crippen molar-refractivity contribution >= 4 is 0 Å². The molecule has 2 unspecified atom stereocenters. The highest BCUT2D eigenvalue weighted by atomic mass is 14.9. The van der Waals surface area contributed by atoms with Crippen LogP contribution in [0.4, 0.5) is 0 Å². The lowest BCUT2D eigenvalue weighted by Crippen LogP contribution is -2.28. The molecule has 0 amide bonds. The van der Waals surface area contributed by atoms with Gasteiger partial charge >= 0.3 is 0 Å². The van der Waals surface area contributed by atoms with Crippen molar-refractivity contribution in [1.82, 2.24) is 5.32 Å². The molecule has 0 aromatic rings. The molecule has 0 heterocycles. The Balaban J connectivity index is 2.15. The fraction of sp³-hybridized carbons (Fsp3) is 1.00. The second kappa shape index (κ2) is 6.44. The predicted octanol–water partition coefficient (Wildman–Crippen LogP) is 3.45. The topological polar surface area (TPSA) is 12.0 Å². The number of rotatable bonds is 6. The molecule has 0 saturated heterocycles. The Morgan fingerprint density at radius 1 is 1.21 bits per heavy atom. The largest absolute Gasteiger partial charge is 0.316 e. The Labute approximate surface area is 89.7 Å². The molecule has 1 N–H and O–H groups in total. The first-order valence-electron chi connectivity index (χ1n) is 6.44. The molecule has 0 radical (unpaired) electrons. The first-order chi connectivity index (χ1) is 6.74. The molecule has 0 aromatic carbocycles. The highest BCUT2D eigenvalue weighted by molar-refractivity contribution is 4.78. The molecule has 1 rings (SSSR count). The van der Waals surface area contributed by atoms with Crippen molar-refractivity contribution in [2.75, 3.05) is 13.1 Å². The van der Waals surface area contributed by atoms with E-state index in [4.69, 9.17) is 0 Å². The van der Waals surface area contributed by atoms with Crippen LogP contribution < -0.4 is 5.32 Å². The SMILES string of the molecule is CCCC1CCCC1CNCC(C)C. The molecular weight excluding hydrogens is 170 g/mol. The summed E-state index contributed by atoms with van der Waals surface area (Å²) in [4.78, 5) is 0. The van der Waals surface area contributed by atoms with Crippen LogP contribution in [0.1, 0.15) is 52.9 Å². The van der Waals surface area contributed by atoms with Gasteiger partial charge in [-0.15, -0.1) is 0 Å². The van der Waals surface area contributed by atoms with Crippen LogP contribution in [-0.4, -0.2) is 13.1 Å². The fourth-order valence-corrected chi connectivity index (χ4v) is 2.69. The zero-order chi connectivity index (χ0) is 10.4. The lowest BCUT2D eigenvalue weighted by atomic mass is 9.92. The summed E-state index contributed by atoms with van der Waals surface area (Å²) in [6, 6.07) is 0. The van der Waals surface area contributed by atoms with Crippen molar-refractivity contribution in [2.24, 2.45) is 17.8 Å². The van der Waals surface area contributed by atoms with Gasteiger partial charge in [-0.2, -0.15) is 0 Å². The van der Waals surface area contributed by atoms with E-state index in [0.29, 0.717) is 0 Å². The molecule has 1 aliphatic rings. The van der Waals surface area contributed by atoms with E-state index in [1.165, 1.54) is 45.2 Å². The zero-order valence-corrected chi connectivity index (χ0v) is 10.2. The molecule has 0 aromatic heterocycles. The van der Waals surface area contributed by atoms with Gasteiger partial charge in [0.1, 0.15) is 0 Å². The normalized spacial score (nSPS) is 27.4. The highest BCUT2D eigenvalue weighted by Crippen LogP contribution is 2.34. The summed E-state index contributed by atoms with van der Waals surface area (Å²) in [5, 5.41) is 3.62. The Bertz CT molecular complexity index is 142. The molecule has 84 valence electrons. The van der Waals surface area contributed by atoms with Crippen LogP contribution in [0, 0.1) is 17.8 Å². The van der Waals surface area contributed by atoms with Crippen LogP contribution in [0.5, 0.6) is 0 Å². The van der Waals surface area contributed by atoms with Crippen molar-refractivity contribution < 1.29 is 0 Å². The van der Waals surface area contributed by atoms with E-state index in [1.54, 1.807) is 0 Å². The number of hydrogen-bond acceptors (Lipinski definition) is 1. The summed E-state index contributed by atoms with van der Waals surface area (Å²) >= 11 is 0. The van der Waals surface area contributed by atoms with Crippen molar-refractivity contribution in [3.63, 3.8) is 0 Å². The van der Waals surface area contributed by atoms with Crippen LogP contribution in [0.3, 0.4) is 0 Å². The van der Waals surface area contributed by atoms with Gasteiger partial charge in [-0.1, -0.05) is 46.5 Å². The summed E-state index contributed by atoms with van der Waals surface area (Å²) in [7, 11) is 0. The smallest absolute Gasteiger partial charge is 0.00178 e. The first kappa shape index (κ1) is 12.0. The molecule has 2 atom stereocenters. The van der Waals surface area contributed by atoms with E-state index < -0.39 is 0 Å². The second-order valence-corrected chi connectivity index (χ2v) is 5.29. The molecule has 0 spiro atoms. The van der Waals surface area contributed by atoms with Gasteiger partial charge in [0.05, 0.1) is 0 Å². The second-order valence-electron chi connectivity index (χ2n) is 5.29. The van der Waals surface area contributed by atoms with Gasteiger partial charge < -0.3 is 5.32 Å². The van der Waals surface area contributed by atoms with E-state index in [0.717, 1.165) is 17.8 Å². The summed E-state index contributed by atoms with van der Waals surface area (Å²) in [6.45, 7) is 9.34. The van der Waals surface area contributed by atoms with Crippen molar-refractivity contribution in [1.29, 1.82) is 0 Å². The van der Waals surface area contributed by atoms with Crippen LogP contribution in [0.15, 0.2) is 0 Å². The van der Waals surface area contributed by atoms with Crippen LogP contribution in [0.25, 0.3) is 0 Å². The molecular formula is C13H27N. The number of nitrogens with one attached hydrogen (secondary N) is 1. The summed E-state index contributed by atoms with van der Waals surface area (Å²) in [5.74, 6) is 2.80. The minimum atomic E-state index is 0.793. The molecule has 0 bridgehead atoms. The summed E-state index contributed by atoms with van der Waals surface area (Å²) in [5.41, 5.74) is 0. The predicted molar refractivity (Wildman–Crippen MR) is 63.4 cm³/mol. The van der Waals surface area contributed by atoms with Crippen molar-refractivity contribution in [2.45, 2.75) is 52.9 Å². The number of hydrogen-bond donors (Lipinski definition) is 1. The van der Waals surface area contributed by atoms with Crippen LogP contribution >= 0.6 is 0 Å². The van der Waals surface area contributed by atoms with E-state index in [9.17, 15) is 0 Å². The molecule has 1 saturated carbocycles. The molecule has 1 heteroatoms. The Morgan fingerprint density at radius 2 is 1.93 bits per heavy atom. The lowest BCUT2D eigenvalue weighted by molar-refractivity contribution is 0.339. The molecule has 1 nitrogen and oxygen atoms in total. The van der Waals surface area contributed by atoms with Gasteiger partial charge in [0, 0.05) is 0 Å². The third-order valence-electron chi connectivity index (χ3n) is 3.44. The maximum atomic E-state index is 3.62. The quantitative estimate of drug-likeness (QED) is 0.687. The van der Waals surface area contributed by atoms with E-state index in [-0.39, 0.29) is 0 Å². The van der Waals surface area contributed by atoms with Gasteiger partial charge in [0.15, 0.2) is 0 Å². The zero-order valence-electron chi connectivity index (χ0n) is 10.2. The van der Waals surface area contributed by atoms with E-state index in [1.807, 2.05) is 0 Å². The monoisotopic (exact) mass is 197 g/mol. The lowest BCUT2D eigenvalue weighted by Gasteiger charge is -2.20. The van der Waals surface area contributed by atoms with Gasteiger partial charge in [0.2, 0.25) is 0 Å². The van der Waals surface area contributed by atoms with Gasteiger partial charge in [-0.3, -0.25) is 0 Å². The maximum Gasteiger partial charge on any atom is -0.00178 e. The van der Waals surface area contributed by atoms with E-state index >= 15 is 0 Å². The third-order valence-corrected chi connectivity index (χ3v) is 3.44. The first-order valence-corrected chi connectivity index (χ1v) is 6.44. The average molecular weight is 197 g/mol. The van der Waals surface area contributed by atoms with Gasteiger partial charge in [-0.05, 0) is 37.3 Å². The van der Waals surface area contributed by atoms with Gasteiger partial charge in [-0.25, -0.2) is 0 Å². The molecule has 1 fully saturated rings. The average Bonchev–Trinajstić information content (AvgIpc) is 2.53. The molecule has 14 heavy (non-hydrogen) atoms. The standard InChI is InChI=1S/C13H27N/c1-4-6-12-7-5-8-13(12)10-14-9-11(2)3/h11-14H,4-10H2,1-3H3. The molecule has 0 aliphatic heterocycles. The fourth-order valence-electron chi connectivity index (χ4n) is 2.69. The van der Waals surface area contributed by atoms with Crippen LogP contribution in [0.2, 0.25) is 0 Å². The summed E-state index contributed by atoms with van der Waals surface area (Å²) < 4.78 is 0. The van der Waals surface area contributed by atoms with Crippen molar-refractivity contribution in [3.05, 3.63) is 0 Å². The Morgan fingerprint density at radius 3 is 2.57 bits per heavy atom. The van der Waals surface area contributed by atoms with Crippen molar-refractivity contribution in [3.8, 4) is 0 Å². The molecule has 1 aliphatic carbocycles. The minimum Gasteiger partial charge on any atom is -0.316 e. The Hall–Kier alpha value is -0.0400.